The van der Waals surface area contributed by atoms with Gasteiger partial charge in [0.05, 0.1) is 15.5 Å². The lowest BCUT2D eigenvalue weighted by atomic mass is 10.2. The molecule has 3 rings (SSSR count). The predicted octanol–water partition coefficient (Wildman–Crippen LogP) is 4.22. The molecule has 0 atom stereocenters. The van der Waals surface area contributed by atoms with Crippen molar-refractivity contribution >= 4 is 31.8 Å². The molecule has 0 saturated heterocycles. The molecule has 3 aromatic rings. The van der Waals surface area contributed by atoms with Crippen LogP contribution in [0.2, 0.25) is 0 Å². The number of anilines is 1. The molecule has 0 N–H and O–H groups in total. The molecule has 0 unspecified atom stereocenters. The summed E-state index contributed by atoms with van der Waals surface area (Å²) >= 11 is 0. The fourth-order valence-electron chi connectivity index (χ4n) is 2.63. The fourth-order valence-corrected chi connectivity index (χ4v) is 6.33. The minimum atomic E-state index is -4.38. The highest BCUT2D eigenvalue weighted by Gasteiger charge is 2.36. The van der Waals surface area contributed by atoms with Crippen LogP contribution in [0.15, 0.2) is 95.2 Å². The first-order valence-corrected chi connectivity index (χ1v) is 11.3. The summed E-state index contributed by atoms with van der Waals surface area (Å²) in [7, 11) is -8.75. The van der Waals surface area contributed by atoms with Gasteiger partial charge in [-0.2, -0.15) is 3.71 Å². The summed E-state index contributed by atoms with van der Waals surface area (Å²) < 4.78 is 53.8. The average Bonchev–Trinajstić information content (AvgIpc) is 2.69. The highest BCUT2D eigenvalue weighted by atomic mass is 32.3. The molecule has 0 aliphatic heterocycles. The highest BCUT2D eigenvalue weighted by Crippen LogP contribution is 2.30. The highest BCUT2D eigenvalue weighted by molar-refractivity contribution is 8.10. The van der Waals surface area contributed by atoms with E-state index in [1.807, 2.05) is 6.92 Å². The second kappa shape index (κ2) is 7.61. The first kappa shape index (κ1) is 19.9. The van der Waals surface area contributed by atoms with E-state index < -0.39 is 20.0 Å². The van der Waals surface area contributed by atoms with Crippen LogP contribution in [0, 0.1) is 6.92 Å². The monoisotopic (exact) mass is 413 g/mol. The standard InChI is InChI=1S/C21H19NO4S2/c1-3-18-11-15-21(16-12-18)28(25,26)22(19-7-5-4-6-8-19)27(23,24)20-13-9-17(2)10-14-20/h3-16H,1H2,2H3. The van der Waals surface area contributed by atoms with Gasteiger partial charge in [0, 0.05) is 0 Å². The lowest BCUT2D eigenvalue weighted by Crippen LogP contribution is -2.37. The number of sulfonamides is 2. The van der Waals surface area contributed by atoms with Gasteiger partial charge in [-0.25, -0.2) is 16.8 Å². The summed E-state index contributed by atoms with van der Waals surface area (Å²) in [5, 5.41) is 0. The van der Waals surface area contributed by atoms with Crippen LogP contribution in [0.4, 0.5) is 5.69 Å². The number of para-hydroxylation sites is 1. The maximum absolute atomic E-state index is 13.3. The molecule has 3 aromatic carbocycles. The fraction of sp³-hybridized carbons (Fsp3) is 0.0476. The first-order chi connectivity index (χ1) is 13.3. The van der Waals surface area contributed by atoms with Crippen molar-refractivity contribution in [2.45, 2.75) is 16.7 Å². The Morgan fingerprint density at radius 2 is 1.18 bits per heavy atom. The minimum Gasteiger partial charge on any atom is -0.200 e. The summed E-state index contributed by atoms with van der Waals surface area (Å²) in [5.41, 5.74) is 1.63. The van der Waals surface area contributed by atoms with E-state index in [0.717, 1.165) is 11.1 Å². The van der Waals surface area contributed by atoms with Crippen molar-refractivity contribution < 1.29 is 16.8 Å². The Labute approximate surface area is 165 Å². The Morgan fingerprint density at radius 3 is 1.64 bits per heavy atom. The zero-order valence-electron chi connectivity index (χ0n) is 15.2. The Bertz CT molecular complexity index is 1180. The molecule has 0 spiro atoms. The van der Waals surface area contributed by atoms with Gasteiger partial charge in [-0.3, -0.25) is 0 Å². The van der Waals surface area contributed by atoms with Crippen molar-refractivity contribution in [3.05, 3.63) is 96.6 Å². The van der Waals surface area contributed by atoms with E-state index in [1.165, 1.54) is 36.4 Å². The lowest BCUT2D eigenvalue weighted by Gasteiger charge is -2.24. The molecule has 0 bridgehead atoms. The second-order valence-electron chi connectivity index (χ2n) is 6.13. The molecule has 0 amide bonds. The van der Waals surface area contributed by atoms with Crippen molar-refractivity contribution in [3.63, 3.8) is 0 Å². The van der Waals surface area contributed by atoms with Crippen LogP contribution in [-0.2, 0) is 20.0 Å². The maximum Gasteiger partial charge on any atom is 0.277 e. The van der Waals surface area contributed by atoms with Crippen molar-refractivity contribution in [2.24, 2.45) is 0 Å². The van der Waals surface area contributed by atoms with Crippen LogP contribution < -0.4 is 3.71 Å². The number of nitrogens with zero attached hydrogens (tertiary/aromatic N) is 1. The van der Waals surface area contributed by atoms with Gasteiger partial charge in [0.15, 0.2) is 0 Å². The van der Waals surface area contributed by atoms with E-state index in [9.17, 15) is 16.8 Å². The number of benzene rings is 3. The van der Waals surface area contributed by atoms with E-state index in [0.29, 0.717) is 3.71 Å². The van der Waals surface area contributed by atoms with Crippen LogP contribution in [0.5, 0.6) is 0 Å². The Hall–Kier alpha value is -2.90. The van der Waals surface area contributed by atoms with Crippen LogP contribution in [-0.4, -0.2) is 16.8 Å². The summed E-state index contributed by atoms with van der Waals surface area (Å²) in [4.78, 5) is -0.231. The molecule has 5 nitrogen and oxygen atoms in total. The van der Waals surface area contributed by atoms with Gasteiger partial charge in [-0.1, -0.05) is 60.7 Å². The zero-order chi connectivity index (χ0) is 20.4. The molecule has 144 valence electrons. The number of hydrogen-bond acceptors (Lipinski definition) is 4. The zero-order valence-corrected chi connectivity index (χ0v) is 16.8. The van der Waals surface area contributed by atoms with Crippen LogP contribution in [0.3, 0.4) is 0 Å². The van der Waals surface area contributed by atoms with Crippen molar-refractivity contribution in [1.29, 1.82) is 0 Å². The van der Waals surface area contributed by atoms with Gasteiger partial charge in [0.1, 0.15) is 0 Å². The summed E-state index contributed by atoms with van der Waals surface area (Å²) in [5.74, 6) is 0. The predicted molar refractivity (Wildman–Crippen MR) is 111 cm³/mol. The van der Waals surface area contributed by atoms with Crippen molar-refractivity contribution in [1.82, 2.24) is 0 Å². The molecule has 0 heterocycles. The summed E-state index contributed by atoms with van der Waals surface area (Å²) in [6, 6.07) is 19.7. The topological polar surface area (TPSA) is 71.5 Å². The molecule has 0 aliphatic rings. The van der Waals surface area contributed by atoms with E-state index in [1.54, 1.807) is 48.5 Å². The van der Waals surface area contributed by atoms with E-state index in [4.69, 9.17) is 0 Å². The van der Waals surface area contributed by atoms with Crippen LogP contribution in [0.1, 0.15) is 11.1 Å². The van der Waals surface area contributed by atoms with Gasteiger partial charge >= 0.3 is 0 Å². The SMILES string of the molecule is C=Cc1ccc(S(=O)(=O)N(c2ccccc2)S(=O)(=O)c2ccc(C)cc2)cc1. The number of hydrogen-bond donors (Lipinski definition) is 0. The number of rotatable bonds is 6. The summed E-state index contributed by atoms with van der Waals surface area (Å²) in [6.45, 7) is 5.46. The first-order valence-electron chi connectivity index (χ1n) is 8.41. The molecule has 0 saturated carbocycles. The van der Waals surface area contributed by atoms with Crippen molar-refractivity contribution in [3.8, 4) is 0 Å². The molecular weight excluding hydrogens is 394 g/mol. The van der Waals surface area contributed by atoms with E-state index >= 15 is 0 Å². The molecule has 0 fully saturated rings. The Morgan fingerprint density at radius 1 is 0.714 bits per heavy atom. The summed E-state index contributed by atoms with van der Waals surface area (Å²) in [6.07, 6.45) is 1.58. The van der Waals surface area contributed by atoms with E-state index in [2.05, 4.69) is 6.58 Å². The molecular formula is C21H19NO4S2. The van der Waals surface area contributed by atoms with Gasteiger partial charge < -0.3 is 0 Å². The molecule has 7 heteroatoms. The van der Waals surface area contributed by atoms with Gasteiger partial charge in [0.2, 0.25) is 0 Å². The average molecular weight is 414 g/mol. The Kier molecular flexibility index (Phi) is 5.40. The maximum atomic E-state index is 13.3. The third-order valence-corrected chi connectivity index (χ3v) is 8.34. The largest absolute Gasteiger partial charge is 0.277 e. The molecule has 0 radical (unpaired) electrons. The third-order valence-electron chi connectivity index (χ3n) is 4.14. The quantitative estimate of drug-likeness (QED) is 0.606. The lowest BCUT2D eigenvalue weighted by molar-refractivity contribution is 0.584. The second-order valence-corrected chi connectivity index (χ2v) is 9.93. The Balaban J connectivity index is 2.22. The smallest absolute Gasteiger partial charge is 0.200 e. The minimum absolute atomic E-state index is 0.0378. The van der Waals surface area contributed by atoms with Gasteiger partial charge in [0.25, 0.3) is 20.0 Å². The molecule has 0 aromatic heterocycles. The molecule has 0 aliphatic carbocycles. The molecule has 28 heavy (non-hydrogen) atoms. The van der Waals surface area contributed by atoms with E-state index in [-0.39, 0.29) is 15.5 Å². The van der Waals surface area contributed by atoms with Gasteiger partial charge in [-0.05, 0) is 48.9 Å². The van der Waals surface area contributed by atoms with Crippen molar-refractivity contribution in [2.75, 3.05) is 3.71 Å². The number of aryl methyl sites for hydroxylation is 1. The normalized spacial score (nSPS) is 11.8. The third kappa shape index (κ3) is 3.72. The van der Waals surface area contributed by atoms with Gasteiger partial charge in [-0.15, -0.1) is 0 Å². The van der Waals surface area contributed by atoms with Crippen LogP contribution >= 0.6 is 0 Å². The van der Waals surface area contributed by atoms with Crippen LogP contribution in [0.25, 0.3) is 6.08 Å².